The third-order valence-corrected chi connectivity index (χ3v) is 5.71. The van der Waals surface area contributed by atoms with Crippen molar-refractivity contribution >= 4 is 57.6 Å². The van der Waals surface area contributed by atoms with Gasteiger partial charge in [0.1, 0.15) is 5.25 Å². The SMILES string of the molecule is O=C(CC1SC(=NCCc2ccccc2)NC1=O)Nc1ccc(Cl)c(Cl)c1. The van der Waals surface area contributed by atoms with E-state index in [4.69, 9.17) is 23.2 Å². The van der Waals surface area contributed by atoms with Crippen molar-refractivity contribution in [3.8, 4) is 0 Å². The van der Waals surface area contributed by atoms with E-state index in [1.165, 1.54) is 17.3 Å². The van der Waals surface area contributed by atoms with Crippen LogP contribution in [0.25, 0.3) is 0 Å². The van der Waals surface area contributed by atoms with Gasteiger partial charge >= 0.3 is 0 Å². The molecule has 0 bridgehead atoms. The lowest BCUT2D eigenvalue weighted by atomic mass is 10.2. The molecule has 0 radical (unpaired) electrons. The highest BCUT2D eigenvalue weighted by Crippen LogP contribution is 2.26. The van der Waals surface area contributed by atoms with Crippen LogP contribution < -0.4 is 10.6 Å². The molecule has 1 heterocycles. The molecule has 8 heteroatoms. The molecule has 1 atom stereocenters. The number of carbonyl (C=O) groups is 2. The number of hydrogen-bond acceptors (Lipinski definition) is 4. The first-order chi connectivity index (χ1) is 13.0. The molecular formula is C19H17Cl2N3O2S. The van der Waals surface area contributed by atoms with Crippen LogP contribution in [0.3, 0.4) is 0 Å². The highest BCUT2D eigenvalue weighted by atomic mass is 35.5. The van der Waals surface area contributed by atoms with Crippen LogP contribution in [-0.4, -0.2) is 28.8 Å². The summed E-state index contributed by atoms with van der Waals surface area (Å²) in [7, 11) is 0. The Hall–Kier alpha value is -2.02. The van der Waals surface area contributed by atoms with Gasteiger partial charge in [0.15, 0.2) is 5.17 Å². The second-order valence-electron chi connectivity index (χ2n) is 5.90. The number of amides is 2. The van der Waals surface area contributed by atoms with Gasteiger partial charge in [-0.3, -0.25) is 14.6 Å². The summed E-state index contributed by atoms with van der Waals surface area (Å²) in [5.41, 5.74) is 1.73. The monoisotopic (exact) mass is 421 g/mol. The lowest BCUT2D eigenvalue weighted by Crippen LogP contribution is -2.28. The van der Waals surface area contributed by atoms with Crippen LogP contribution in [0.4, 0.5) is 5.69 Å². The number of nitrogens with one attached hydrogen (secondary N) is 2. The molecule has 1 aliphatic rings. The largest absolute Gasteiger partial charge is 0.326 e. The number of rotatable bonds is 6. The number of anilines is 1. The number of carbonyl (C=O) groups excluding carboxylic acids is 2. The summed E-state index contributed by atoms with van der Waals surface area (Å²) >= 11 is 13.1. The fourth-order valence-electron chi connectivity index (χ4n) is 2.50. The van der Waals surface area contributed by atoms with Crippen LogP contribution in [0.15, 0.2) is 53.5 Å². The molecule has 1 unspecified atom stereocenters. The average molecular weight is 422 g/mol. The van der Waals surface area contributed by atoms with E-state index in [1.54, 1.807) is 18.2 Å². The molecule has 140 valence electrons. The molecule has 1 aliphatic heterocycles. The molecule has 1 saturated heterocycles. The average Bonchev–Trinajstić information content (AvgIpc) is 2.98. The minimum atomic E-state index is -0.497. The summed E-state index contributed by atoms with van der Waals surface area (Å²) < 4.78 is 0. The third kappa shape index (κ3) is 5.73. The predicted octanol–water partition coefficient (Wildman–Crippen LogP) is 4.15. The van der Waals surface area contributed by atoms with Gasteiger partial charge in [0, 0.05) is 18.7 Å². The Morgan fingerprint density at radius 2 is 1.93 bits per heavy atom. The fourth-order valence-corrected chi connectivity index (χ4v) is 3.79. The Balaban J connectivity index is 1.50. The number of amidine groups is 1. The van der Waals surface area contributed by atoms with Gasteiger partial charge < -0.3 is 10.6 Å². The number of benzene rings is 2. The first-order valence-corrected chi connectivity index (χ1v) is 9.95. The first-order valence-electron chi connectivity index (χ1n) is 8.32. The zero-order valence-corrected chi connectivity index (χ0v) is 16.6. The number of halogens is 2. The molecule has 5 nitrogen and oxygen atoms in total. The van der Waals surface area contributed by atoms with E-state index in [-0.39, 0.29) is 18.2 Å². The second kappa shape index (κ2) is 9.26. The maximum absolute atomic E-state index is 12.2. The van der Waals surface area contributed by atoms with Crippen LogP contribution in [0.5, 0.6) is 0 Å². The van der Waals surface area contributed by atoms with Crippen LogP contribution in [0.1, 0.15) is 12.0 Å². The van der Waals surface area contributed by atoms with Crippen LogP contribution in [0, 0.1) is 0 Å². The van der Waals surface area contributed by atoms with Gasteiger partial charge in [-0.25, -0.2) is 0 Å². The lowest BCUT2D eigenvalue weighted by molar-refractivity contribution is -0.122. The van der Waals surface area contributed by atoms with Gasteiger partial charge in [0.05, 0.1) is 10.0 Å². The quantitative estimate of drug-likeness (QED) is 0.735. The minimum absolute atomic E-state index is 0.0501. The number of nitrogens with zero attached hydrogens (tertiary/aromatic N) is 1. The third-order valence-electron chi connectivity index (χ3n) is 3.85. The van der Waals surface area contributed by atoms with Crippen molar-refractivity contribution in [2.75, 3.05) is 11.9 Å². The van der Waals surface area contributed by atoms with E-state index in [1.807, 2.05) is 30.3 Å². The van der Waals surface area contributed by atoms with Gasteiger partial charge in [-0.05, 0) is 30.2 Å². The van der Waals surface area contributed by atoms with Crippen molar-refractivity contribution in [2.45, 2.75) is 18.1 Å². The van der Waals surface area contributed by atoms with Gasteiger partial charge in [-0.2, -0.15) is 0 Å². The van der Waals surface area contributed by atoms with Gasteiger partial charge in [-0.15, -0.1) is 0 Å². The number of hydrogen-bond donors (Lipinski definition) is 2. The number of thioether (sulfide) groups is 1. The van der Waals surface area contributed by atoms with E-state index < -0.39 is 5.25 Å². The van der Waals surface area contributed by atoms with Gasteiger partial charge in [-0.1, -0.05) is 65.3 Å². The molecule has 2 aromatic carbocycles. The molecule has 0 aromatic heterocycles. The zero-order chi connectivity index (χ0) is 19.2. The van der Waals surface area contributed by atoms with Crippen LogP contribution in [0.2, 0.25) is 10.0 Å². The molecule has 2 N–H and O–H groups in total. The summed E-state index contributed by atoms with van der Waals surface area (Å²) in [6.45, 7) is 0.578. The molecule has 27 heavy (non-hydrogen) atoms. The van der Waals surface area contributed by atoms with Crippen molar-refractivity contribution < 1.29 is 9.59 Å². The van der Waals surface area contributed by atoms with E-state index in [9.17, 15) is 9.59 Å². The molecule has 0 aliphatic carbocycles. The van der Waals surface area contributed by atoms with Crippen molar-refractivity contribution in [1.82, 2.24) is 5.32 Å². The summed E-state index contributed by atoms with van der Waals surface area (Å²) in [4.78, 5) is 28.7. The maximum Gasteiger partial charge on any atom is 0.240 e. The minimum Gasteiger partial charge on any atom is -0.326 e. The van der Waals surface area contributed by atoms with E-state index in [2.05, 4.69) is 15.6 Å². The van der Waals surface area contributed by atoms with Gasteiger partial charge in [0.25, 0.3) is 0 Å². The van der Waals surface area contributed by atoms with Crippen LogP contribution >= 0.6 is 35.0 Å². The smallest absolute Gasteiger partial charge is 0.240 e. The Morgan fingerprint density at radius 1 is 1.15 bits per heavy atom. The van der Waals surface area contributed by atoms with E-state index in [0.717, 1.165) is 6.42 Å². The summed E-state index contributed by atoms with van der Waals surface area (Å²) in [6.07, 6.45) is 0.845. The standard InChI is InChI=1S/C19H17Cl2N3O2S/c20-14-7-6-13(10-15(14)21)23-17(25)11-16-18(26)24-19(27-16)22-9-8-12-4-2-1-3-5-12/h1-7,10,16H,8-9,11H2,(H,23,25)(H,22,24,26). The fraction of sp³-hybridized carbons (Fsp3) is 0.211. The number of aliphatic imine (C=N–C) groups is 1. The molecular weight excluding hydrogens is 405 g/mol. The predicted molar refractivity (Wildman–Crippen MR) is 112 cm³/mol. The molecule has 2 aromatic rings. The molecule has 0 saturated carbocycles. The molecule has 0 spiro atoms. The topological polar surface area (TPSA) is 70.6 Å². The Morgan fingerprint density at radius 3 is 2.67 bits per heavy atom. The Kier molecular flexibility index (Phi) is 6.77. The zero-order valence-electron chi connectivity index (χ0n) is 14.2. The van der Waals surface area contributed by atoms with Crippen molar-refractivity contribution in [2.24, 2.45) is 4.99 Å². The van der Waals surface area contributed by atoms with Gasteiger partial charge in [0.2, 0.25) is 11.8 Å². The van der Waals surface area contributed by atoms with Crippen molar-refractivity contribution in [3.05, 3.63) is 64.1 Å². The first kappa shape index (κ1) is 19.7. The maximum atomic E-state index is 12.2. The molecule has 2 amide bonds. The van der Waals surface area contributed by atoms with Crippen molar-refractivity contribution in [3.63, 3.8) is 0 Å². The highest BCUT2D eigenvalue weighted by molar-refractivity contribution is 8.15. The van der Waals surface area contributed by atoms with Crippen LogP contribution in [-0.2, 0) is 16.0 Å². The summed E-state index contributed by atoms with van der Waals surface area (Å²) in [5, 5.41) is 6.29. The second-order valence-corrected chi connectivity index (χ2v) is 7.91. The summed E-state index contributed by atoms with van der Waals surface area (Å²) in [6, 6.07) is 14.8. The van der Waals surface area contributed by atoms with E-state index >= 15 is 0 Å². The highest BCUT2D eigenvalue weighted by Gasteiger charge is 2.31. The molecule has 3 rings (SSSR count). The Labute approximate surface area is 171 Å². The van der Waals surface area contributed by atoms with Crippen molar-refractivity contribution in [1.29, 1.82) is 0 Å². The normalized spacial score (nSPS) is 17.8. The van der Waals surface area contributed by atoms with E-state index in [0.29, 0.717) is 27.4 Å². The molecule has 1 fully saturated rings. The lowest BCUT2D eigenvalue weighted by Gasteiger charge is -2.08. The summed E-state index contributed by atoms with van der Waals surface area (Å²) in [5.74, 6) is -0.477. The Bertz CT molecular complexity index is 875.